The SMILES string of the molecule is CC1CC(C)CN(C(=O)c2ccc3c(c2)C2(N=c4/c(=C5\C(=O)C(c6ccc7cccc8c7c6NC6(N8)c7ccccc7-c7ccc(C(=O)N8CC(C)CC(C)C8)cc76)=C5O)ccc5cccc(c45)N2)c2ccccc2-3)C1. The van der Waals surface area contributed by atoms with Gasteiger partial charge in [0, 0.05) is 92.5 Å². The van der Waals surface area contributed by atoms with Crippen molar-refractivity contribution in [3.8, 4) is 22.3 Å². The number of carbonyl (C=O) groups is 3. The summed E-state index contributed by atoms with van der Waals surface area (Å²) in [6.07, 6.45) is 2.20. The topological polar surface area (TPSA) is 126 Å². The van der Waals surface area contributed by atoms with Crippen molar-refractivity contribution in [2.24, 2.45) is 28.7 Å². The number of piperidine rings is 2. The molecule has 2 fully saturated rings. The maximum absolute atomic E-state index is 15.4. The van der Waals surface area contributed by atoms with Gasteiger partial charge < -0.3 is 30.9 Å². The van der Waals surface area contributed by atoms with Gasteiger partial charge >= 0.3 is 0 Å². The Morgan fingerprint density at radius 3 is 1.70 bits per heavy atom. The Bertz CT molecular complexity index is 4120. The lowest BCUT2D eigenvalue weighted by molar-refractivity contribution is -0.109. The van der Waals surface area contributed by atoms with E-state index in [9.17, 15) is 14.7 Å². The van der Waals surface area contributed by atoms with Gasteiger partial charge in [0.15, 0.2) is 11.3 Å². The highest BCUT2D eigenvalue weighted by Gasteiger charge is 2.50. The van der Waals surface area contributed by atoms with Crippen molar-refractivity contribution in [1.82, 2.24) is 9.80 Å². The molecule has 7 aliphatic rings. The van der Waals surface area contributed by atoms with E-state index in [-0.39, 0.29) is 34.5 Å². The van der Waals surface area contributed by atoms with Crippen molar-refractivity contribution in [2.75, 3.05) is 42.1 Å². The van der Waals surface area contributed by atoms with E-state index in [1.165, 1.54) is 0 Å². The summed E-state index contributed by atoms with van der Waals surface area (Å²) < 4.78 is 0. The third-order valence-electron chi connectivity index (χ3n) is 17.6. The number of ketones is 1. The van der Waals surface area contributed by atoms with Gasteiger partial charge in [-0.1, -0.05) is 137 Å². The second-order valence-corrected chi connectivity index (χ2v) is 23.1. The van der Waals surface area contributed by atoms with E-state index in [1.54, 1.807) is 0 Å². The van der Waals surface area contributed by atoms with Crippen LogP contribution in [0.1, 0.15) is 89.1 Å². The molecule has 3 aliphatic carbocycles. The van der Waals surface area contributed by atoms with Crippen LogP contribution in [-0.2, 0) is 16.1 Å². The quantitative estimate of drug-likeness (QED) is 0.139. The molecule has 76 heavy (non-hydrogen) atoms. The van der Waals surface area contributed by atoms with E-state index in [1.807, 2.05) is 107 Å². The fraction of sp³-hybridized carbons (Fsp3) is 0.242. The first-order chi connectivity index (χ1) is 36.9. The van der Waals surface area contributed by atoms with Crippen LogP contribution in [0.25, 0.3) is 54.9 Å². The minimum Gasteiger partial charge on any atom is -0.506 e. The third kappa shape index (κ3) is 6.21. The molecule has 0 saturated carbocycles. The van der Waals surface area contributed by atoms with Crippen LogP contribution in [0.2, 0.25) is 0 Å². The number of benzene rings is 8. The molecule has 0 bridgehead atoms. The number of hydrogen-bond donors (Lipinski definition) is 4. The number of carbonyl (C=O) groups excluding carboxylic acids is 3. The first-order valence-electron chi connectivity index (χ1n) is 27.0. The number of likely N-dealkylation sites (tertiary alicyclic amines) is 2. The Hall–Kier alpha value is -8.50. The number of aliphatic hydroxyl groups excluding tert-OH is 1. The lowest BCUT2D eigenvalue weighted by Crippen LogP contribution is -2.46. The summed E-state index contributed by atoms with van der Waals surface area (Å²) in [4.78, 5) is 54.0. The molecule has 4 N–H and O–H groups in total. The molecule has 4 heterocycles. The molecule has 2 saturated heterocycles. The normalized spacial score (nSPS) is 25.0. The molecule has 0 aromatic heterocycles. The first kappa shape index (κ1) is 44.9. The van der Waals surface area contributed by atoms with Crippen molar-refractivity contribution in [3.63, 3.8) is 0 Å². The summed E-state index contributed by atoms with van der Waals surface area (Å²) in [5, 5.41) is 29.3. The fourth-order valence-corrected chi connectivity index (χ4v) is 14.7. The second-order valence-electron chi connectivity index (χ2n) is 23.1. The van der Waals surface area contributed by atoms with E-state index >= 15 is 4.79 Å². The maximum atomic E-state index is 15.4. The van der Waals surface area contributed by atoms with Crippen LogP contribution in [0.4, 0.5) is 17.1 Å². The van der Waals surface area contributed by atoms with Gasteiger partial charge in [0.2, 0.25) is 5.78 Å². The number of amides is 2. The van der Waals surface area contributed by atoms with Crippen LogP contribution in [0.15, 0.2) is 156 Å². The van der Waals surface area contributed by atoms with Crippen molar-refractivity contribution in [3.05, 3.63) is 201 Å². The van der Waals surface area contributed by atoms with E-state index in [0.717, 1.165) is 116 Å². The van der Waals surface area contributed by atoms with E-state index in [2.05, 4.69) is 92.2 Å². The molecular weight excluding hydrogens is 941 g/mol. The number of Topliss-reactive ketones (excluding diaryl/α,β-unsaturated/α-hetero) is 1. The molecule has 8 aromatic carbocycles. The van der Waals surface area contributed by atoms with Gasteiger partial charge in [-0.25, -0.2) is 4.99 Å². The minimum atomic E-state index is -1.15. The summed E-state index contributed by atoms with van der Waals surface area (Å²) in [7, 11) is 0. The molecule has 15 rings (SSSR count). The molecule has 0 radical (unpaired) electrons. The van der Waals surface area contributed by atoms with Crippen LogP contribution in [-0.4, -0.2) is 58.7 Å². The number of fused-ring (bicyclic) bond motifs is 10. The van der Waals surface area contributed by atoms with Crippen molar-refractivity contribution in [2.45, 2.75) is 51.9 Å². The molecule has 4 aliphatic heterocycles. The first-order valence-corrected chi connectivity index (χ1v) is 27.0. The van der Waals surface area contributed by atoms with Gasteiger partial charge in [-0.2, -0.15) is 0 Å². The summed E-state index contributed by atoms with van der Waals surface area (Å²) in [5.74, 6) is 1.33. The number of anilines is 3. The van der Waals surface area contributed by atoms with Gasteiger partial charge in [0.25, 0.3) is 11.8 Å². The van der Waals surface area contributed by atoms with Crippen LogP contribution in [0.3, 0.4) is 0 Å². The molecule has 2 amide bonds. The van der Waals surface area contributed by atoms with Crippen molar-refractivity contribution in [1.29, 1.82) is 0 Å². The zero-order valence-electron chi connectivity index (χ0n) is 42.9. The zero-order chi connectivity index (χ0) is 51.5. The lowest BCUT2D eigenvalue weighted by atomic mass is 9.79. The van der Waals surface area contributed by atoms with Gasteiger partial charge in [0.1, 0.15) is 5.76 Å². The highest BCUT2D eigenvalue weighted by molar-refractivity contribution is 6.52. The smallest absolute Gasteiger partial charge is 0.253 e. The van der Waals surface area contributed by atoms with Crippen molar-refractivity contribution >= 4 is 67.4 Å². The van der Waals surface area contributed by atoms with E-state index in [0.29, 0.717) is 56.6 Å². The molecule has 374 valence electrons. The minimum absolute atomic E-state index is 0.0130. The monoisotopic (exact) mass is 996 g/mol. The number of nitrogens with one attached hydrogen (secondary N) is 3. The van der Waals surface area contributed by atoms with Gasteiger partial charge in [-0.15, -0.1) is 0 Å². The predicted octanol–water partition coefficient (Wildman–Crippen LogP) is 11.6. The van der Waals surface area contributed by atoms with Crippen LogP contribution in [0.5, 0.6) is 0 Å². The van der Waals surface area contributed by atoms with Gasteiger partial charge in [-0.3, -0.25) is 14.4 Å². The summed E-state index contributed by atoms with van der Waals surface area (Å²) >= 11 is 0. The molecule has 10 nitrogen and oxygen atoms in total. The number of allylic oxidation sites excluding steroid dienone is 2. The molecular formula is C66H56N6O4. The standard InChI is InChI=1S/C66H56N6O4/c1-35-27-36(2)32-71(31-35)63(75)41-21-23-45-43-13-5-7-15-49(43)65(51(45)29-41)67-53-17-9-11-39-19-25-47(59(69-65)55(39)53)57-61(73)58(62(57)74)48-26-20-40-12-10-18-54-56(40)60(48)70-66(68-54)50-16-8-6-14-44(50)46-24-22-42(30-52(46)66)64(76)72-33-37(3)28-38(4)34-72/h5-26,29-30,35-38,67-69,73H,27-28,31-34H2,1-4H3/b58-48-. The molecule has 8 aromatic rings. The van der Waals surface area contributed by atoms with Crippen LogP contribution in [0, 0.1) is 23.7 Å². The number of nitrogens with zero attached hydrogens (tertiary/aromatic N) is 3. The average molecular weight is 997 g/mol. The van der Waals surface area contributed by atoms with Gasteiger partial charge in [0.05, 0.1) is 22.2 Å². The van der Waals surface area contributed by atoms with Crippen LogP contribution < -0.4 is 26.5 Å². The number of hydrogen-bond acceptors (Lipinski definition) is 8. The summed E-state index contributed by atoms with van der Waals surface area (Å²) in [5.41, 5.74) is 10.3. The average Bonchev–Trinajstić information content (AvgIpc) is 4.01. The van der Waals surface area contributed by atoms with Crippen LogP contribution >= 0.6 is 0 Å². The highest BCUT2D eigenvalue weighted by Crippen LogP contribution is 2.56. The predicted molar refractivity (Wildman–Crippen MR) is 301 cm³/mol. The Kier molecular flexibility index (Phi) is 9.47. The van der Waals surface area contributed by atoms with E-state index < -0.39 is 11.3 Å². The molecule has 10 heteroatoms. The molecule has 6 unspecified atom stereocenters. The van der Waals surface area contributed by atoms with Gasteiger partial charge in [-0.05, 0) is 106 Å². The Balaban J connectivity index is 0.897. The zero-order valence-corrected chi connectivity index (χ0v) is 42.9. The third-order valence-corrected chi connectivity index (χ3v) is 17.6. The Labute approximate surface area is 440 Å². The van der Waals surface area contributed by atoms with Crippen molar-refractivity contribution < 1.29 is 19.5 Å². The molecule has 2 spiro atoms. The summed E-state index contributed by atoms with van der Waals surface area (Å²) in [6, 6.07) is 48.8. The molecule has 6 atom stereocenters. The largest absolute Gasteiger partial charge is 0.506 e. The van der Waals surface area contributed by atoms with E-state index in [4.69, 9.17) is 4.99 Å². The highest BCUT2D eigenvalue weighted by atomic mass is 16.3. The summed E-state index contributed by atoms with van der Waals surface area (Å²) in [6.45, 7) is 11.8. The number of aliphatic hydroxyl groups is 1. The maximum Gasteiger partial charge on any atom is 0.253 e. The fourth-order valence-electron chi connectivity index (χ4n) is 14.7. The Morgan fingerprint density at radius 1 is 0.526 bits per heavy atom. The second kappa shape index (κ2) is 16.0. The number of rotatable bonds is 3. The Morgan fingerprint density at radius 2 is 1.05 bits per heavy atom. The lowest BCUT2D eigenvalue weighted by Gasteiger charge is -2.42.